The van der Waals surface area contributed by atoms with E-state index in [2.05, 4.69) is 26.3 Å². The number of pyridine rings is 3. The van der Waals surface area contributed by atoms with Crippen molar-refractivity contribution in [2.45, 2.75) is 49.7 Å². The summed E-state index contributed by atoms with van der Waals surface area (Å²) in [5, 5.41) is 3.70. The molecule has 2 saturated heterocycles. The topological polar surface area (TPSA) is 69.2 Å². The lowest BCUT2D eigenvalue weighted by molar-refractivity contribution is -0.164. The molecular weight excluding hydrogens is 419 g/mol. The Hall–Kier alpha value is -2.90. The van der Waals surface area contributed by atoms with E-state index in [0.717, 1.165) is 44.3 Å². The van der Waals surface area contributed by atoms with Gasteiger partial charge >= 0.3 is 0 Å². The van der Waals surface area contributed by atoms with E-state index in [4.69, 9.17) is 9.47 Å². The molecule has 1 aliphatic carbocycles. The molecule has 0 spiro atoms. The summed E-state index contributed by atoms with van der Waals surface area (Å²) in [6.45, 7) is 1.48. The van der Waals surface area contributed by atoms with E-state index >= 15 is 0 Å². The lowest BCUT2D eigenvalue weighted by atomic mass is 9.69. The highest BCUT2D eigenvalue weighted by Crippen LogP contribution is 2.46. The molecule has 3 aliphatic rings. The first-order chi connectivity index (χ1) is 16.1. The predicted molar refractivity (Wildman–Crippen MR) is 126 cm³/mol. The van der Waals surface area contributed by atoms with Gasteiger partial charge in [-0.05, 0) is 62.8 Å². The highest BCUT2D eigenvalue weighted by atomic mass is 19.1. The molecule has 7 heteroatoms. The molecular formula is C26H29FN4O2. The summed E-state index contributed by atoms with van der Waals surface area (Å²) >= 11 is 0. The van der Waals surface area contributed by atoms with Gasteiger partial charge in [-0.1, -0.05) is 12.1 Å². The van der Waals surface area contributed by atoms with Crippen molar-refractivity contribution in [2.24, 2.45) is 0 Å². The first-order valence-corrected chi connectivity index (χ1v) is 11.6. The van der Waals surface area contributed by atoms with Gasteiger partial charge in [0.25, 0.3) is 0 Å². The molecule has 3 aromatic heterocycles. The molecule has 2 bridgehead atoms. The number of aryl methyl sites for hydroxylation is 1. The van der Waals surface area contributed by atoms with Crippen LogP contribution in [0.2, 0.25) is 0 Å². The third-order valence-corrected chi connectivity index (χ3v) is 7.12. The molecule has 33 heavy (non-hydrogen) atoms. The van der Waals surface area contributed by atoms with Crippen LogP contribution in [0.3, 0.4) is 0 Å². The maximum Gasteiger partial charge on any atom is 0.213 e. The van der Waals surface area contributed by atoms with Crippen LogP contribution < -0.4 is 10.1 Å². The summed E-state index contributed by atoms with van der Waals surface area (Å²) in [6, 6.07) is 9.47. The van der Waals surface area contributed by atoms with Crippen molar-refractivity contribution in [2.75, 3.05) is 20.3 Å². The Morgan fingerprint density at radius 1 is 1.15 bits per heavy atom. The van der Waals surface area contributed by atoms with Gasteiger partial charge in [0.1, 0.15) is 5.82 Å². The van der Waals surface area contributed by atoms with Gasteiger partial charge in [0.2, 0.25) is 5.88 Å². The maximum absolute atomic E-state index is 14.7. The molecule has 2 aliphatic heterocycles. The third kappa shape index (κ3) is 4.61. The zero-order valence-electron chi connectivity index (χ0n) is 18.9. The molecule has 0 aromatic carbocycles. The van der Waals surface area contributed by atoms with Crippen molar-refractivity contribution in [3.05, 3.63) is 65.9 Å². The fourth-order valence-corrected chi connectivity index (χ4v) is 5.03. The summed E-state index contributed by atoms with van der Waals surface area (Å²) in [5.74, 6) is 0.149. The number of nitrogens with zero attached hydrogens (tertiary/aromatic N) is 3. The summed E-state index contributed by atoms with van der Waals surface area (Å²) in [4.78, 5) is 13.0. The zero-order chi connectivity index (χ0) is 22.7. The average Bonchev–Trinajstić information content (AvgIpc) is 2.87. The SMILES string of the molecule is COc1ccc2ncc(F)c(CCC34CCC(NC/C=C/c5ccccn5)(CC3)CO4)c2n1. The lowest BCUT2D eigenvalue weighted by Crippen LogP contribution is -2.61. The first-order valence-electron chi connectivity index (χ1n) is 11.6. The van der Waals surface area contributed by atoms with Crippen LogP contribution in [0.25, 0.3) is 17.1 Å². The quantitative estimate of drug-likeness (QED) is 0.548. The summed E-state index contributed by atoms with van der Waals surface area (Å²) < 4.78 is 26.4. The summed E-state index contributed by atoms with van der Waals surface area (Å²) in [5.41, 5.74) is 2.65. The summed E-state index contributed by atoms with van der Waals surface area (Å²) in [7, 11) is 1.56. The van der Waals surface area contributed by atoms with Crippen LogP contribution >= 0.6 is 0 Å². The maximum atomic E-state index is 14.7. The Bertz CT molecular complexity index is 1130. The van der Waals surface area contributed by atoms with E-state index < -0.39 is 0 Å². The van der Waals surface area contributed by atoms with Crippen molar-refractivity contribution >= 4 is 17.1 Å². The minimum atomic E-state index is -0.318. The molecule has 1 N–H and O–H groups in total. The molecule has 0 atom stereocenters. The molecule has 6 nitrogen and oxygen atoms in total. The fraction of sp³-hybridized carbons (Fsp3) is 0.423. The lowest BCUT2D eigenvalue weighted by Gasteiger charge is -2.53. The average molecular weight is 449 g/mol. The standard InChI is InChI=1S/C26H29FN4O2/c1-32-23-8-7-22-24(31-23)20(21(27)17-29-22)9-10-26-13-11-25(12-14-26,18-33-26)30-16-4-6-19-5-2-3-15-28-19/h2-8,15,17,30H,9-14,16,18H2,1H3/b6-4+. The Balaban J connectivity index is 1.21. The Morgan fingerprint density at radius 2 is 2.03 bits per heavy atom. The largest absolute Gasteiger partial charge is 0.481 e. The van der Waals surface area contributed by atoms with Gasteiger partial charge in [0.05, 0.1) is 42.2 Å². The van der Waals surface area contributed by atoms with Gasteiger partial charge in [0.15, 0.2) is 0 Å². The van der Waals surface area contributed by atoms with Crippen LogP contribution in [0.5, 0.6) is 5.88 Å². The van der Waals surface area contributed by atoms with E-state index in [1.165, 1.54) is 6.20 Å². The van der Waals surface area contributed by atoms with Gasteiger partial charge in [-0.25, -0.2) is 9.37 Å². The normalized spacial score (nSPS) is 24.5. The Kier molecular flexibility index (Phi) is 6.08. The number of ether oxygens (including phenoxy) is 2. The Labute approximate surface area is 193 Å². The van der Waals surface area contributed by atoms with E-state index in [9.17, 15) is 4.39 Å². The number of halogens is 1. The van der Waals surface area contributed by atoms with E-state index in [1.807, 2.05) is 30.3 Å². The number of nitrogens with one attached hydrogen (secondary N) is 1. The van der Waals surface area contributed by atoms with E-state index in [0.29, 0.717) is 35.5 Å². The van der Waals surface area contributed by atoms with Crippen LogP contribution in [0.15, 0.2) is 48.8 Å². The third-order valence-electron chi connectivity index (χ3n) is 7.12. The molecule has 3 fully saturated rings. The smallest absolute Gasteiger partial charge is 0.213 e. The number of hydrogen-bond acceptors (Lipinski definition) is 6. The molecule has 6 rings (SSSR count). The molecule has 0 radical (unpaired) electrons. The van der Waals surface area contributed by atoms with Gasteiger partial charge < -0.3 is 14.8 Å². The minimum Gasteiger partial charge on any atom is -0.481 e. The number of hydrogen-bond donors (Lipinski definition) is 1. The molecule has 3 aromatic rings. The van der Waals surface area contributed by atoms with Crippen LogP contribution in [0.4, 0.5) is 4.39 Å². The zero-order valence-corrected chi connectivity index (χ0v) is 18.9. The molecule has 0 unspecified atom stereocenters. The number of fused-ring (bicyclic) bond motifs is 4. The Morgan fingerprint density at radius 3 is 2.76 bits per heavy atom. The van der Waals surface area contributed by atoms with Crippen LogP contribution in [0, 0.1) is 5.82 Å². The second kappa shape index (κ2) is 9.15. The van der Waals surface area contributed by atoms with E-state index in [1.54, 1.807) is 19.4 Å². The summed E-state index contributed by atoms with van der Waals surface area (Å²) in [6.07, 6.45) is 12.7. The molecule has 5 heterocycles. The number of methoxy groups -OCH3 is 1. The highest BCUT2D eigenvalue weighted by molar-refractivity contribution is 5.78. The second-order valence-electron chi connectivity index (χ2n) is 9.10. The first kappa shape index (κ1) is 21.9. The van der Waals surface area contributed by atoms with Crippen LogP contribution in [-0.2, 0) is 11.2 Å². The van der Waals surface area contributed by atoms with Crippen molar-refractivity contribution < 1.29 is 13.9 Å². The van der Waals surface area contributed by atoms with E-state index in [-0.39, 0.29) is 17.0 Å². The van der Waals surface area contributed by atoms with Crippen molar-refractivity contribution in [3.63, 3.8) is 0 Å². The fourth-order valence-electron chi connectivity index (χ4n) is 5.03. The minimum absolute atomic E-state index is 0.0275. The van der Waals surface area contributed by atoms with Gasteiger partial charge in [-0.3, -0.25) is 9.97 Å². The van der Waals surface area contributed by atoms with Gasteiger partial charge in [0, 0.05) is 29.9 Å². The van der Waals surface area contributed by atoms with Crippen molar-refractivity contribution in [3.8, 4) is 5.88 Å². The number of rotatable bonds is 8. The van der Waals surface area contributed by atoms with Gasteiger partial charge in [-0.2, -0.15) is 0 Å². The van der Waals surface area contributed by atoms with Crippen LogP contribution in [-0.4, -0.2) is 46.4 Å². The van der Waals surface area contributed by atoms with Crippen molar-refractivity contribution in [1.29, 1.82) is 0 Å². The molecule has 0 amide bonds. The second-order valence-corrected chi connectivity index (χ2v) is 9.10. The highest BCUT2D eigenvalue weighted by Gasteiger charge is 2.49. The van der Waals surface area contributed by atoms with Crippen molar-refractivity contribution in [1.82, 2.24) is 20.3 Å². The van der Waals surface area contributed by atoms with Gasteiger partial charge in [-0.15, -0.1) is 0 Å². The number of aromatic nitrogens is 3. The molecule has 172 valence electrons. The molecule has 1 saturated carbocycles. The van der Waals surface area contributed by atoms with Crippen LogP contribution in [0.1, 0.15) is 43.4 Å². The predicted octanol–water partition coefficient (Wildman–Crippen LogP) is 4.49. The monoisotopic (exact) mass is 448 g/mol.